The molecule has 0 saturated carbocycles. The predicted octanol–water partition coefficient (Wildman–Crippen LogP) is 0.685. The zero-order chi connectivity index (χ0) is 13.5. The van der Waals surface area contributed by atoms with Gasteiger partial charge in [-0.05, 0) is 36.7 Å². The molecule has 0 unspecified atom stereocenters. The SMILES string of the molecule is COc1ccccc1CNCCc1ccc(Cl)cc1.[Cl-]. The van der Waals surface area contributed by atoms with Crippen molar-refractivity contribution in [2.45, 2.75) is 13.0 Å². The lowest BCUT2D eigenvalue weighted by Gasteiger charge is -2.09. The topological polar surface area (TPSA) is 21.3 Å². The predicted molar refractivity (Wildman–Crippen MR) is 79.9 cm³/mol. The molecule has 108 valence electrons. The summed E-state index contributed by atoms with van der Waals surface area (Å²) in [6.45, 7) is 1.75. The lowest BCUT2D eigenvalue weighted by molar-refractivity contribution is -0.00000409. The van der Waals surface area contributed by atoms with Gasteiger partial charge < -0.3 is 22.5 Å². The molecule has 0 amide bonds. The molecule has 0 atom stereocenters. The van der Waals surface area contributed by atoms with Crippen LogP contribution in [0.2, 0.25) is 5.02 Å². The van der Waals surface area contributed by atoms with Crippen molar-refractivity contribution in [3.8, 4) is 5.75 Å². The third-order valence-electron chi connectivity index (χ3n) is 3.01. The average molecular weight is 311 g/mol. The van der Waals surface area contributed by atoms with Crippen molar-refractivity contribution in [3.05, 3.63) is 64.7 Å². The van der Waals surface area contributed by atoms with Crippen molar-refractivity contribution in [3.63, 3.8) is 0 Å². The molecule has 20 heavy (non-hydrogen) atoms. The van der Waals surface area contributed by atoms with Crippen molar-refractivity contribution < 1.29 is 17.1 Å². The molecule has 0 aliphatic heterocycles. The zero-order valence-electron chi connectivity index (χ0n) is 11.4. The van der Waals surface area contributed by atoms with Crippen LogP contribution in [-0.4, -0.2) is 13.7 Å². The fourth-order valence-electron chi connectivity index (χ4n) is 1.96. The third kappa shape index (κ3) is 5.04. The molecule has 0 bridgehead atoms. The molecule has 2 aromatic rings. The Hall–Kier alpha value is -1.22. The van der Waals surface area contributed by atoms with Crippen LogP contribution in [0.25, 0.3) is 0 Å². The Morgan fingerprint density at radius 3 is 2.45 bits per heavy atom. The Labute approximate surface area is 131 Å². The van der Waals surface area contributed by atoms with Crippen LogP contribution in [0.15, 0.2) is 48.5 Å². The Bertz CT molecular complexity index is 514. The molecule has 4 heteroatoms. The van der Waals surface area contributed by atoms with Crippen LogP contribution < -0.4 is 22.5 Å². The van der Waals surface area contributed by atoms with E-state index in [0.717, 1.165) is 30.3 Å². The van der Waals surface area contributed by atoms with Gasteiger partial charge in [-0.3, -0.25) is 0 Å². The van der Waals surface area contributed by atoms with Crippen LogP contribution in [-0.2, 0) is 13.0 Å². The number of ether oxygens (including phenoxy) is 1. The van der Waals surface area contributed by atoms with Crippen molar-refractivity contribution in [2.75, 3.05) is 13.7 Å². The normalized spacial score (nSPS) is 9.90. The molecule has 0 saturated heterocycles. The largest absolute Gasteiger partial charge is 1.00 e. The van der Waals surface area contributed by atoms with Crippen molar-refractivity contribution in [2.24, 2.45) is 0 Å². The first-order valence-corrected chi connectivity index (χ1v) is 6.74. The van der Waals surface area contributed by atoms with Gasteiger partial charge in [-0.1, -0.05) is 41.9 Å². The second kappa shape index (κ2) is 8.85. The molecule has 2 rings (SSSR count). The maximum atomic E-state index is 5.86. The molecule has 0 aliphatic carbocycles. The lowest BCUT2D eigenvalue weighted by Crippen LogP contribution is -3.00. The summed E-state index contributed by atoms with van der Waals surface area (Å²) in [7, 11) is 1.70. The van der Waals surface area contributed by atoms with E-state index in [9.17, 15) is 0 Å². The first kappa shape index (κ1) is 16.8. The van der Waals surface area contributed by atoms with Gasteiger partial charge in [-0.15, -0.1) is 0 Å². The Kier molecular flexibility index (Phi) is 7.45. The van der Waals surface area contributed by atoms with Gasteiger partial charge >= 0.3 is 0 Å². The van der Waals surface area contributed by atoms with Crippen LogP contribution in [0, 0.1) is 0 Å². The highest BCUT2D eigenvalue weighted by Gasteiger charge is 2.00. The highest BCUT2D eigenvalue weighted by Crippen LogP contribution is 2.16. The summed E-state index contributed by atoms with van der Waals surface area (Å²) in [6.07, 6.45) is 0.992. The van der Waals surface area contributed by atoms with Gasteiger partial charge in [0.25, 0.3) is 0 Å². The zero-order valence-corrected chi connectivity index (χ0v) is 12.9. The van der Waals surface area contributed by atoms with Gasteiger partial charge in [-0.25, -0.2) is 0 Å². The average Bonchev–Trinajstić information content (AvgIpc) is 2.46. The quantitative estimate of drug-likeness (QED) is 0.793. The van der Waals surface area contributed by atoms with E-state index in [0.29, 0.717) is 0 Å². The minimum atomic E-state index is 0. The van der Waals surface area contributed by atoms with Crippen LogP contribution in [0.4, 0.5) is 0 Å². The highest BCUT2D eigenvalue weighted by atomic mass is 35.5. The summed E-state index contributed by atoms with van der Waals surface area (Å²) in [5.41, 5.74) is 2.47. The van der Waals surface area contributed by atoms with Gasteiger partial charge in [0.1, 0.15) is 5.75 Å². The molecule has 0 aliphatic rings. The Balaban J connectivity index is 0.00000200. The maximum absolute atomic E-state index is 5.86. The Morgan fingerprint density at radius 2 is 1.75 bits per heavy atom. The summed E-state index contributed by atoms with van der Waals surface area (Å²) in [4.78, 5) is 0. The molecule has 2 nitrogen and oxygen atoms in total. The van der Waals surface area contributed by atoms with Gasteiger partial charge in [0.15, 0.2) is 0 Å². The van der Waals surface area contributed by atoms with Crippen LogP contribution in [0.3, 0.4) is 0 Å². The van der Waals surface area contributed by atoms with Crippen LogP contribution >= 0.6 is 11.6 Å². The Morgan fingerprint density at radius 1 is 1.05 bits per heavy atom. The standard InChI is InChI=1S/C16H18ClNO.ClH/c1-19-16-5-3-2-4-14(16)12-18-11-10-13-6-8-15(17)9-7-13;/h2-9,18H,10-12H2,1H3;1H/p-1. The van der Waals surface area contributed by atoms with E-state index < -0.39 is 0 Å². The van der Waals surface area contributed by atoms with E-state index in [-0.39, 0.29) is 12.4 Å². The minimum Gasteiger partial charge on any atom is -1.00 e. The van der Waals surface area contributed by atoms with Gasteiger partial charge in [0.2, 0.25) is 0 Å². The minimum absolute atomic E-state index is 0. The first-order chi connectivity index (χ1) is 9.29. The third-order valence-corrected chi connectivity index (χ3v) is 3.26. The fraction of sp³-hybridized carbons (Fsp3) is 0.250. The van der Waals surface area contributed by atoms with Crippen molar-refractivity contribution in [1.82, 2.24) is 5.32 Å². The summed E-state index contributed by atoms with van der Waals surface area (Å²) >= 11 is 5.86. The van der Waals surface area contributed by atoms with E-state index >= 15 is 0 Å². The molecule has 2 aromatic carbocycles. The number of nitrogens with one attached hydrogen (secondary N) is 1. The molecule has 0 fully saturated rings. The molecular formula is C16H18Cl2NO-. The summed E-state index contributed by atoms with van der Waals surface area (Å²) < 4.78 is 5.32. The maximum Gasteiger partial charge on any atom is 0.123 e. The van der Waals surface area contributed by atoms with E-state index in [1.807, 2.05) is 30.3 Å². The second-order valence-corrected chi connectivity index (χ2v) is 4.80. The number of hydrogen-bond donors (Lipinski definition) is 1. The first-order valence-electron chi connectivity index (χ1n) is 6.36. The van der Waals surface area contributed by atoms with Gasteiger partial charge in [0.05, 0.1) is 7.11 Å². The fourth-order valence-corrected chi connectivity index (χ4v) is 2.08. The van der Waals surface area contributed by atoms with Gasteiger partial charge in [-0.2, -0.15) is 0 Å². The summed E-state index contributed by atoms with van der Waals surface area (Å²) in [6, 6.07) is 16.0. The van der Waals surface area contributed by atoms with Crippen LogP contribution in [0.1, 0.15) is 11.1 Å². The van der Waals surface area contributed by atoms with E-state index in [1.54, 1.807) is 7.11 Å². The number of hydrogen-bond acceptors (Lipinski definition) is 2. The number of methoxy groups -OCH3 is 1. The van der Waals surface area contributed by atoms with Crippen molar-refractivity contribution in [1.29, 1.82) is 0 Å². The van der Waals surface area contributed by atoms with E-state index in [2.05, 4.69) is 23.5 Å². The number of para-hydroxylation sites is 1. The van der Waals surface area contributed by atoms with Crippen molar-refractivity contribution >= 4 is 11.6 Å². The molecule has 0 spiro atoms. The molecule has 1 N–H and O–H groups in total. The summed E-state index contributed by atoms with van der Waals surface area (Å²) in [5.74, 6) is 0.932. The molecule has 0 heterocycles. The number of benzene rings is 2. The van der Waals surface area contributed by atoms with Crippen LogP contribution in [0.5, 0.6) is 5.75 Å². The second-order valence-electron chi connectivity index (χ2n) is 4.37. The highest BCUT2D eigenvalue weighted by molar-refractivity contribution is 6.30. The van der Waals surface area contributed by atoms with E-state index in [4.69, 9.17) is 16.3 Å². The lowest BCUT2D eigenvalue weighted by atomic mass is 10.1. The molecular weight excluding hydrogens is 293 g/mol. The number of rotatable bonds is 6. The molecule has 0 aromatic heterocycles. The van der Waals surface area contributed by atoms with Gasteiger partial charge in [0, 0.05) is 17.1 Å². The monoisotopic (exact) mass is 310 g/mol. The van der Waals surface area contributed by atoms with E-state index in [1.165, 1.54) is 11.1 Å². The summed E-state index contributed by atoms with van der Waals surface area (Å²) in [5, 5.41) is 4.21. The number of halogens is 2. The smallest absolute Gasteiger partial charge is 0.123 e. The molecule has 0 radical (unpaired) electrons.